The lowest BCUT2D eigenvalue weighted by Gasteiger charge is -2.00. The summed E-state index contributed by atoms with van der Waals surface area (Å²) in [7, 11) is 0. The Hall–Kier alpha value is -1.52. The van der Waals surface area contributed by atoms with Gasteiger partial charge in [0, 0.05) is 21.8 Å². The summed E-state index contributed by atoms with van der Waals surface area (Å²) in [5, 5.41) is 2.93. The predicted octanol–water partition coefficient (Wildman–Crippen LogP) is 5.30. The topological polar surface area (TPSA) is 12.9 Å². The van der Waals surface area contributed by atoms with Crippen molar-refractivity contribution in [2.45, 2.75) is 6.42 Å². The minimum absolute atomic E-state index is 0.174. The molecule has 0 N–H and O–H groups in total. The summed E-state index contributed by atoms with van der Waals surface area (Å²) in [6.07, 6.45) is 0.533. The molecule has 3 aromatic rings. The van der Waals surface area contributed by atoms with Crippen molar-refractivity contribution >= 4 is 27.3 Å². The Balaban J connectivity index is 1.86. The average Bonchev–Trinajstić information content (AvgIpc) is 2.90. The van der Waals surface area contributed by atoms with E-state index in [-0.39, 0.29) is 5.82 Å². The van der Waals surface area contributed by atoms with Gasteiger partial charge in [-0.25, -0.2) is 9.37 Å². The van der Waals surface area contributed by atoms with Crippen LogP contribution >= 0.6 is 27.3 Å². The number of hydrogen-bond donors (Lipinski definition) is 0. The molecular weight excluding hydrogens is 337 g/mol. The fourth-order valence-electron chi connectivity index (χ4n) is 1.98. The van der Waals surface area contributed by atoms with Crippen molar-refractivity contribution in [2.24, 2.45) is 0 Å². The summed E-state index contributed by atoms with van der Waals surface area (Å²) >= 11 is 5.02. The predicted molar refractivity (Wildman–Crippen MR) is 84.5 cm³/mol. The Morgan fingerprint density at radius 1 is 1.10 bits per heavy atom. The monoisotopic (exact) mass is 347 g/mol. The Labute approximate surface area is 129 Å². The highest BCUT2D eigenvalue weighted by molar-refractivity contribution is 9.10. The summed E-state index contributed by atoms with van der Waals surface area (Å²) in [5.41, 5.74) is 2.68. The third-order valence-electron chi connectivity index (χ3n) is 2.97. The average molecular weight is 348 g/mol. The second-order valence-electron chi connectivity index (χ2n) is 4.41. The molecule has 0 saturated carbocycles. The van der Waals surface area contributed by atoms with Gasteiger partial charge >= 0.3 is 0 Å². The smallest absolute Gasteiger partial charge is 0.126 e. The van der Waals surface area contributed by atoms with Gasteiger partial charge in [-0.15, -0.1) is 11.3 Å². The third-order valence-corrected chi connectivity index (χ3v) is 4.31. The van der Waals surface area contributed by atoms with E-state index in [9.17, 15) is 4.39 Å². The summed E-state index contributed by atoms with van der Waals surface area (Å²) < 4.78 is 14.7. The molecule has 0 fully saturated rings. The van der Waals surface area contributed by atoms with Crippen LogP contribution in [0.2, 0.25) is 0 Å². The third kappa shape index (κ3) is 2.97. The van der Waals surface area contributed by atoms with E-state index in [1.165, 1.54) is 6.07 Å². The minimum atomic E-state index is -0.174. The molecule has 3 rings (SSSR count). The van der Waals surface area contributed by atoms with Crippen LogP contribution in [0, 0.1) is 5.82 Å². The zero-order valence-corrected chi connectivity index (χ0v) is 12.9. The summed E-state index contributed by atoms with van der Waals surface area (Å²) in [5.74, 6) is -0.174. The summed E-state index contributed by atoms with van der Waals surface area (Å²) in [6.45, 7) is 0. The van der Waals surface area contributed by atoms with Gasteiger partial charge < -0.3 is 0 Å². The molecule has 0 spiro atoms. The van der Waals surface area contributed by atoms with E-state index in [1.807, 2.05) is 35.7 Å². The largest absolute Gasteiger partial charge is 0.241 e. The van der Waals surface area contributed by atoms with Crippen LogP contribution in [0.25, 0.3) is 11.3 Å². The molecule has 1 heterocycles. The van der Waals surface area contributed by atoms with Gasteiger partial charge in [-0.05, 0) is 23.8 Å². The van der Waals surface area contributed by atoms with Gasteiger partial charge in [0.25, 0.3) is 0 Å². The lowest BCUT2D eigenvalue weighted by Crippen LogP contribution is -1.91. The highest BCUT2D eigenvalue weighted by Gasteiger charge is 2.08. The van der Waals surface area contributed by atoms with Crippen LogP contribution in [0.5, 0.6) is 0 Å². The minimum Gasteiger partial charge on any atom is -0.241 e. The van der Waals surface area contributed by atoms with Crippen LogP contribution in [0.4, 0.5) is 4.39 Å². The van der Waals surface area contributed by atoms with Crippen molar-refractivity contribution < 1.29 is 4.39 Å². The van der Waals surface area contributed by atoms with Gasteiger partial charge in [-0.2, -0.15) is 0 Å². The first-order valence-corrected chi connectivity index (χ1v) is 7.83. The van der Waals surface area contributed by atoms with E-state index >= 15 is 0 Å². The molecule has 0 atom stereocenters. The molecule has 0 aliphatic carbocycles. The van der Waals surface area contributed by atoms with E-state index in [2.05, 4.69) is 20.9 Å². The number of rotatable bonds is 3. The maximum Gasteiger partial charge on any atom is 0.126 e. The lowest BCUT2D eigenvalue weighted by atomic mass is 10.1. The van der Waals surface area contributed by atoms with Gasteiger partial charge in [0.2, 0.25) is 0 Å². The molecule has 4 heteroatoms. The van der Waals surface area contributed by atoms with Crippen LogP contribution in [-0.2, 0) is 6.42 Å². The number of aromatic nitrogens is 1. The number of halogens is 2. The Morgan fingerprint density at radius 2 is 1.95 bits per heavy atom. The Morgan fingerprint density at radius 3 is 2.75 bits per heavy atom. The number of hydrogen-bond acceptors (Lipinski definition) is 2. The van der Waals surface area contributed by atoms with Crippen molar-refractivity contribution in [3.63, 3.8) is 0 Å². The van der Waals surface area contributed by atoms with Crippen LogP contribution in [0.15, 0.2) is 58.4 Å². The zero-order valence-electron chi connectivity index (χ0n) is 10.5. The molecule has 1 nitrogen and oxygen atoms in total. The molecule has 0 radical (unpaired) electrons. The maximum atomic E-state index is 13.6. The maximum absolute atomic E-state index is 13.6. The normalized spacial score (nSPS) is 10.7. The fourth-order valence-corrected chi connectivity index (χ4v) is 3.20. The van der Waals surface area contributed by atoms with Crippen LogP contribution in [0.3, 0.4) is 0 Å². The standard InChI is InChI=1S/C16H11BrFNS/c17-13-6-3-5-12(8-13)15-10-20-16(19-15)9-11-4-1-2-7-14(11)18/h1-8,10H,9H2. The van der Waals surface area contributed by atoms with Crippen LogP contribution < -0.4 is 0 Å². The van der Waals surface area contributed by atoms with Crippen molar-refractivity contribution in [3.05, 3.63) is 74.8 Å². The van der Waals surface area contributed by atoms with Gasteiger partial charge in [-0.3, -0.25) is 0 Å². The molecule has 20 heavy (non-hydrogen) atoms. The highest BCUT2D eigenvalue weighted by atomic mass is 79.9. The molecule has 0 aliphatic heterocycles. The number of nitrogens with zero attached hydrogens (tertiary/aromatic N) is 1. The molecular formula is C16H11BrFNS. The van der Waals surface area contributed by atoms with Gasteiger partial charge in [0.15, 0.2) is 0 Å². The Kier molecular flexibility index (Phi) is 3.94. The van der Waals surface area contributed by atoms with Gasteiger partial charge in [-0.1, -0.05) is 46.3 Å². The fraction of sp³-hybridized carbons (Fsp3) is 0.0625. The second kappa shape index (κ2) is 5.85. The highest BCUT2D eigenvalue weighted by Crippen LogP contribution is 2.26. The molecule has 0 bridgehead atoms. The second-order valence-corrected chi connectivity index (χ2v) is 6.26. The quantitative estimate of drug-likeness (QED) is 0.626. The molecule has 0 saturated heterocycles. The van der Waals surface area contributed by atoms with E-state index in [4.69, 9.17) is 0 Å². The molecule has 0 amide bonds. The molecule has 100 valence electrons. The summed E-state index contributed by atoms with van der Waals surface area (Å²) in [4.78, 5) is 4.59. The first kappa shape index (κ1) is 13.5. The van der Waals surface area contributed by atoms with E-state index in [0.717, 1.165) is 20.7 Å². The number of thiazole rings is 1. The SMILES string of the molecule is Fc1ccccc1Cc1nc(-c2cccc(Br)c2)cs1. The van der Waals surface area contributed by atoms with Crippen LogP contribution in [0.1, 0.15) is 10.6 Å². The van der Waals surface area contributed by atoms with Crippen molar-refractivity contribution in [1.29, 1.82) is 0 Å². The van der Waals surface area contributed by atoms with E-state index < -0.39 is 0 Å². The van der Waals surface area contributed by atoms with Gasteiger partial charge in [0.1, 0.15) is 5.82 Å². The number of benzene rings is 2. The molecule has 0 aliphatic rings. The lowest BCUT2D eigenvalue weighted by molar-refractivity contribution is 0.614. The van der Waals surface area contributed by atoms with E-state index in [0.29, 0.717) is 12.0 Å². The van der Waals surface area contributed by atoms with Gasteiger partial charge in [0.05, 0.1) is 10.7 Å². The molecule has 0 unspecified atom stereocenters. The van der Waals surface area contributed by atoms with Crippen LogP contribution in [-0.4, -0.2) is 4.98 Å². The zero-order chi connectivity index (χ0) is 13.9. The molecule has 2 aromatic carbocycles. The van der Waals surface area contributed by atoms with Crippen molar-refractivity contribution in [3.8, 4) is 11.3 Å². The Bertz CT molecular complexity index is 739. The molecule has 1 aromatic heterocycles. The first-order valence-electron chi connectivity index (χ1n) is 6.16. The van der Waals surface area contributed by atoms with E-state index in [1.54, 1.807) is 23.5 Å². The van der Waals surface area contributed by atoms with Crippen molar-refractivity contribution in [1.82, 2.24) is 4.98 Å². The first-order chi connectivity index (χ1) is 9.72. The summed E-state index contributed by atoms with van der Waals surface area (Å²) in [6, 6.07) is 14.8. The van der Waals surface area contributed by atoms with Crippen molar-refractivity contribution in [2.75, 3.05) is 0 Å².